The minimum atomic E-state index is -3.88. The van der Waals surface area contributed by atoms with Gasteiger partial charge in [-0.2, -0.15) is 4.72 Å². The summed E-state index contributed by atoms with van der Waals surface area (Å²) in [5.41, 5.74) is 1.76. The average Bonchev–Trinajstić information content (AvgIpc) is 2.75. The highest BCUT2D eigenvalue weighted by Gasteiger charge is 2.23. The zero-order chi connectivity index (χ0) is 23.3. The fourth-order valence-corrected chi connectivity index (χ4v) is 5.00. The Balaban J connectivity index is 1.61. The van der Waals surface area contributed by atoms with Gasteiger partial charge in [0.15, 0.2) is 0 Å². The first kappa shape index (κ1) is 24.2. The van der Waals surface area contributed by atoms with Crippen LogP contribution in [0.15, 0.2) is 47.4 Å². The molecule has 7 nitrogen and oxygen atoms in total. The van der Waals surface area contributed by atoms with Crippen molar-refractivity contribution >= 4 is 39.1 Å². The zero-order valence-electron chi connectivity index (χ0n) is 18.2. The first-order chi connectivity index (χ1) is 15.2. The van der Waals surface area contributed by atoms with Crippen LogP contribution < -0.4 is 15.4 Å². The lowest BCUT2D eigenvalue weighted by Crippen LogP contribution is -2.41. The molecule has 2 aromatic carbocycles. The first-order valence-corrected chi connectivity index (χ1v) is 12.5. The molecule has 1 atom stereocenters. The number of carbonyl (C=O) groups excluding carboxylic acids is 2. The van der Waals surface area contributed by atoms with Crippen LogP contribution in [0.4, 0.5) is 5.69 Å². The highest BCUT2D eigenvalue weighted by Crippen LogP contribution is 2.20. The van der Waals surface area contributed by atoms with Crippen molar-refractivity contribution in [2.45, 2.75) is 62.9 Å². The fraction of sp³-hybridized carbons (Fsp3) is 0.391. The third kappa shape index (κ3) is 6.31. The Morgan fingerprint density at radius 3 is 2.31 bits per heavy atom. The van der Waals surface area contributed by atoms with Gasteiger partial charge < -0.3 is 10.6 Å². The van der Waals surface area contributed by atoms with Gasteiger partial charge in [0.2, 0.25) is 15.9 Å². The summed E-state index contributed by atoms with van der Waals surface area (Å²) < 4.78 is 27.3. The molecule has 172 valence electrons. The van der Waals surface area contributed by atoms with Crippen molar-refractivity contribution in [3.05, 3.63) is 58.6 Å². The van der Waals surface area contributed by atoms with Crippen molar-refractivity contribution < 1.29 is 18.0 Å². The van der Waals surface area contributed by atoms with E-state index < -0.39 is 22.0 Å². The van der Waals surface area contributed by atoms with E-state index in [9.17, 15) is 18.0 Å². The Kier molecular flexibility index (Phi) is 7.92. The maximum Gasteiger partial charge on any atom is 0.251 e. The molecule has 3 rings (SSSR count). The number of hydrogen-bond acceptors (Lipinski definition) is 4. The maximum absolute atomic E-state index is 12.6. The van der Waals surface area contributed by atoms with Crippen LogP contribution in [0.5, 0.6) is 0 Å². The molecule has 3 N–H and O–H groups in total. The molecule has 32 heavy (non-hydrogen) atoms. The second kappa shape index (κ2) is 10.5. The van der Waals surface area contributed by atoms with Crippen LogP contribution in [-0.4, -0.2) is 32.3 Å². The number of anilines is 1. The van der Waals surface area contributed by atoms with Crippen LogP contribution in [0, 0.1) is 6.92 Å². The van der Waals surface area contributed by atoms with Crippen LogP contribution in [0.3, 0.4) is 0 Å². The number of sulfonamides is 1. The molecule has 1 aliphatic carbocycles. The largest absolute Gasteiger partial charge is 0.349 e. The van der Waals surface area contributed by atoms with Gasteiger partial charge in [0, 0.05) is 22.3 Å². The number of halogens is 1. The molecular formula is C23H28ClN3O4S. The summed E-state index contributed by atoms with van der Waals surface area (Å²) in [7, 11) is -3.88. The number of carbonyl (C=O) groups is 2. The van der Waals surface area contributed by atoms with E-state index in [-0.39, 0.29) is 16.8 Å². The summed E-state index contributed by atoms with van der Waals surface area (Å²) >= 11 is 5.80. The number of hydrogen-bond donors (Lipinski definition) is 3. The molecule has 0 unspecified atom stereocenters. The normalized spacial score (nSPS) is 15.7. The van der Waals surface area contributed by atoms with Gasteiger partial charge in [0.1, 0.15) is 0 Å². The van der Waals surface area contributed by atoms with E-state index in [2.05, 4.69) is 15.4 Å². The number of amides is 2. The number of rotatable bonds is 7. The monoisotopic (exact) mass is 477 g/mol. The molecule has 0 heterocycles. The minimum absolute atomic E-state index is 0.0195. The maximum atomic E-state index is 12.6. The van der Waals surface area contributed by atoms with E-state index in [1.165, 1.54) is 37.6 Å². The van der Waals surface area contributed by atoms with Crippen LogP contribution in [0.2, 0.25) is 5.02 Å². The molecule has 0 aromatic heterocycles. The highest BCUT2D eigenvalue weighted by atomic mass is 35.5. The van der Waals surface area contributed by atoms with Gasteiger partial charge >= 0.3 is 0 Å². The van der Waals surface area contributed by atoms with Crippen LogP contribution in [0.25, 0.3) is 0 Å². The number of aryl methyl sites for hydroxylation is 1. The molecule has 0 saturated heterocycles. The molecular weight excluding hydrogens is 450 g/mol. The molecule has 0 aliphatic heterocycles. The summed E-state index contributed by atoms with van der Waals surface area (Å²) in [4.78, 5) is 25.1. The van der Waals surface area contributed by atoms with Gasteiger partial charge in [-0.15, -0.1) is 0 Å². The number of nitrogens with one attached hydrogen (secondary N) is 3. The van der Waals surface area contributed by atoms with E-state index in [0.717, 1.165) is 25.7 Å². The van der Waals surface area contributed by atoms with Gasteiger partial charge in [0.25, 0.3) is 5.91 Å². The zero-order valence-corrected chi connectivity index (χ0v) is 19.7. The predicted molar refractivity (Wildman–Crippen MR) is 125 cm³/mol. The first-order valence-electron chi connectivity index (χ1n) is 10.7. The molecule has 1 saturated carbocycles. The Morgan fingerprint density at radius 1 is 1.03 bits per heavy atom. The second-order valence-electron chi connectivity index (χ2n) is 8.12. The van der Waals surface area contributed by atoms with Crippen molar-refractivity contribution in [1.29, 1.82) is 0 Å². The molecule has 1 fully saturated rings. The van der Waals surface area contributed by atoms with Gasteiger partial charge in [-0.3, -0.25) is 9.59 Å². The van der Waals surface area contributed by atoms with Crippen LogP contribution >= 0.6 is 11.6 Å². The fourth-order valence-electron chi connectivity index (χ4n) is 3.67. The van der Waals surface area contributed by atoms with E-state index in [1.807, 2.05) is 0 Å². The van der Waals surface area contributed by atoms with Crippen molar-refractivity contribution in [2.24, 2.45) is 0 Å². The van der Waals surface area contributed by atoms with E-state index in [0.29, 0.717) is 21.8 Å². The number of benzene rings is 2. The van der Waals surface area contributed by atoms with Crippen LogP contribution in [-0.2, 0) is 14.8 Å². The second-order valence-corrected chi connectivity index (χ2v) is 10.3. The quantitative estimate of drug-likeness (QED) is 0.560. The summed E-state index contributed by atoms with van der Waals surface area (Å²) in [5.74, 6) is -0.632. The molecule has 0 radical (unpaired) electrons. The Labute approximate surface area is 194 Å². The summed E-state index contributed by atoms with van der Waals surface area (Å²) in [6, 6.07) is 9.91. The van der Waals surface area contributed by atoms with Gasteiger partial charge in [-0.25, -0.2) is 8.42 Å². The van der Waals surface area contributed by atoms with E-state index in [1.54, 1.807) is 25.1 Å². The van der Waals surface area contributed by atoms with Gasteiger partial charge in [0.05, 0.1) is 10.9 Å². The molecule has 0 spiro atoms. The lowest BCUT2D eigenvalue weighted by atomic mass is 9.95. The Bertz CT molecular complexity index is 1080. The highest BCUT2D eigenvalue weighted by molar-refractivity contribution is 7.89. The molecule has 1 aliphatic rings. The Morgan fingerprint density at radius 2 is 1.69 bits per heavy atom. The third-order valence-corrected chi connectivity index (χ3v) is 7.34. The topological polar surface area (TPSA) is 104 Å². The van der Waals surface area contributed by atoms with Crippen LogP contribution in [0.1, 0.15) is 54.9 Å². The average molecular weight is 478 g/mol. The van der Waals surface area contributed by atoms with Gasteiger partial charge in [-0.05, 0) is 74.7 Å². The van der Waals surface area contributed by atoms with Crippen molar-refractivity contribution in [2.75, 3.05) is 5.32 Å². The molecule has 2 aromatic rings. The van der Waals surface area contributed by atoms with Gasteiger partial charge in [-0.1, -0.05) is 30.9 Å². The Hall–Kier alpha value is -2.42. The smallest absolute Gasteiger partial charge is 0.251 e. The summed E-state index contributed by atoms with van der Waals surface area (Å²) in [6.07, 6.45) is 5.49. The molecule has 9 heteroatoms. The van der Waals surface area contributed by atoms with Crippen molar-refractivity contribution in [1.82, 2.24) is 10.0 Å². The third-order valence-electron chi connectivity index (χ3n) is 5.54. The molecule has 2 amide bonds. The standard InChI is InChI=1S/C23H28ClN3O4S/c1-15-14-17(23(29)25-19-6-4-3-5-7-19)8-13-21(15)26-22(28)16(2)27-32(30,31)20-11-9-18(24)10-12-20/h8-14,16,19,27H,3-7H2,1-2H3,(H,25,29)(H,26,28)/t16-/m0/s1. The lowest BCUT2D eigenvalue weighted by molar-refractivity contribution is -0.117. The van der Waals surface area contributed by atoms with Crippen molar-refractivity contribution in [3.8, 4) is 0 Å². The van der Waals surface area contributed by atoms with E-state index >= 15 is 0 Å². The summed E-state index contributed by atoms with van der Waals surface area (Å²) in [5, 5.41) is 6.21. The molecule has 0 bridgehead atoms. The van der Waals surface area contributed by atoms with E-state index in [4.69, 9.17) is 11.6 Å². The minimum Gasteiger partial charge on any atom is -0.349 e. The lowest BCUT2D eigenvalue weighted by Gasteiger charge is -2.23. The van der Waals surface area contributed by atoms with Crippen molar-refractivity contribution in [3.63, 3.8) is 0 Å². The predicted octanol–water partition coefficient (Wildman–Crippen LogP) is 4.02. The SMILES string of the molecule is Cc1cc(C(=O)NC2CCCCC2)ccc1NC(=O)[C@H](C)NS(=O)(=O)c1ccc(Cl)cc1. The summed E-state index contributed by atoms with van der Waals surface area (Å²) in [6.45, 7) is 3.25.